The van der Waals surface area contributed by atoms with Gasteiger partial charge in [0.25, 0.3) is 5.78 Å². The molecule has 23 heavy (non-hydrogen) atoms. The van der Waals surface area contributed by atoms with Crippen LogP contribution in [0.2, 0.25) is 0 Å². The number of aliphatic hydroxyl groups excluding tert-OH is 1. The Morgan fingerprint density at radius 3 is 2.74 bits per heavy atom. The van der Waals surface area contributed by atoms with E-state index in [2.05, 4.69) is 24.7 Å². The minimum Gasteiger partial charge on any atom is -0.467 e. The van der Waals surface area contributed by atoms with Crippen molar-refractivity contribution in [2.45, 2.75) is 32.8 Å². The van der Waals surface area contributed by atoms with Crippen molar-refractivity contribution < 1.29 is 14.6 Å². The smallest absolute Gasteiger partial charge is 0.334 e. The Morgan fingerprint density at radius 1 is 1.39 bits per heavy atom. The van der Waals surface area contributed by atoms with E-state index in [4.69, 9.17) is 0 Å². The fourth-order valence-corrected chi connectivity index (χ4v) is 3.13. The predicted molar refractivity (Wildman–Crippen MR) is 83.2 cm³/mol. The van der Waals surface area contributed by atoms with Crippen molar-refractivity contribution in [3.63, 3.8) is 0 Å². The molecule has 1 N–H and O–H groups in total. The summed E-state index contributed by atoms with van der Waals surface area (Å²) in [6.07, 6.45) is 1.88. The quantitative estimate of drug-likeness (QED) is 0.823. The molecule has 1 fully saturated rings. The highest BCUT2D eigenvalue weighted by molar-refractivity contribution is 5.74. The van der Waals surface area contributed by atoms with Crippen molar-refractivity contribution in [2.75, 3.05) is 25.1 Å². The van der Waals surface area contributed by atoms with Gasteiger partial charge in [-0.05, 0) is 32.6 Å². The van der Waals surface area contributed by atoms with Crippen LogP contribution in [0.25, 0.3) is 5.78 Å². The second-order valence-corrected chi connectivity index (χ2v) is 5.91. The number of aromatic nitrogens is 4. The van der Waals surface area contributed by atoms with Gasteiger partial charge in [-0.25, -0.2) is 9.78 Å². The first-order chi connectivity index (χ1) is 11.0. The summed E-state index contributed by atoms with van der Waals surface area (Å²) in [5, 5.41) is 14.3. The van der Waals surface area contributed by atoms with Crippen LogP contribution in [0.1, 0.15) is 24.1 Å². The molecule has 3 heterocycles. The molecule has 0 saturated carbocycles. The van der Waals surface area contributed by atoms with Crippen molar-refractivity contribution in [1.29, 1.82) is 0 Å². The molecular weight excluding hydrogens is 298 g/mol. The standard InChI is InChI=1S/C15H21N5O3/c1-9-10(2)18-15-16-8-17-20(15)13(9)19-6-4-11(5-7-19)12(21)14(22)23-3/h8,11-12,21H,4-7H2,1-3H3. The lowest BCUT2D eigenvalue weighted by molar-refractivity contribution is -0.153. The van der Waals surface area contributed by atoms with Crippen LogP contribution in [-0.2, 0) is 9.53 Å². The summed E-state index contributed by atoms with van der Waals surface area (Å²) in [6.45, 7) is 5.45. The van der Waals surface area contributed by atoms with Gasteiger partial charge in [-0.3, -0.25) is 0 Å². The molecule has 1 saturated heterocycles. The molecule has 124 valence electrons. The summed E-state index contributed by atoms with van der Waals surface area (Å²) >= 11 is 0. The van der Waals surface area contributed by atoms with Gasteiger partial charge in [0.1, 0.15) is 12.1 Å². The first-order valence-electron chi connectivity index (χ1n) is 7.70. The molecule has 2 aromatic rings. The van der Waals surface area contributed by atoms with Gasteiger partial charge in [0, 0.05) is 24.3 Å². The van der Waals surface area contributed by atoms with E-state index < -0.39 is 12.1 Å². The summed E-state index contributed by atoms with van der Waals surface area (Å²) < 4.78 is 6.37. The lowest BCUT2D eigenvalue weighted by atomic mass is 9.91. The highest BCUT2D eigenvalue weighted by atomic mass is 16.5. The average Bonchev–Trinajstić information content (AvgIpc) is 3.02. The van der Waals surface area contributed by atoms with Crippen LogP contribution in [0.3, 0.4) is 0 Å². The van der Waals surface area contributed by atoms with Crippen LogP contribution in [-0.4, -0.2) is 57.0 Å². The highest BCUT2D eigenvalue weighted by Gasteiger charge is 2.31. The third kappa shape index (κ3) is 2.74. The van der Waals surface area contributed by atoms with E-state index in [-0.39, 0.29) is 5.92 Å². The Hall–Kier alpha value is -2.22. The average molecular weight is 319 g/mol. The number of hydrogen-bond acceptors (Lipinski definition) is 7. The number of carbonyl (C=O) groups excluding carboxylic acids is 1. The normalized spacial score (nSPS) is 17.5. The van der Waals surface area contributed by atoms with Crippen LogP contribution in [0.5, 0.6) is 0 Å². The SMILES string of the molecule is COC(=O)C(O)C1CCN(c2c(C)c(C)nc3ncnn23)CC1. The summed E-state index contributed by atoms with van der Waals surface area (Å²) in [7, 11) is 1.30. The number of anilines is 1. The lowest BCUT2D eigenvalue weighted by Gasteiger charge is -2.35. The maximum Gasteiger partial charge on any atom is 0.334 e. The van der Waals surface area contributed by atoms with Crippen LogP contribution < -0.4 is 4.90 Å². The largest absolute Gasteiger partial charge is 0.467 e. The van der Waals surface area contributed by atoms with Crippen LogP contribution >= 0.6 is 0 Å². The van der Waals surface area contributed by atoms with Gasteiger partial charge in [0.15, 0.2) is 6.10 Å². The number of carbonyl (C=O) groups is 1. The zero-order chi connectivity index (χ0) is 16.6. The van der Waals surface area contributed by atoms with E-state index in [0.717, 1.165) is 30.2 Å². The first kappa shape index (κ1) is 15.7. The minimum absolute atomic E-state index is 0.0758. The van der Waals surface area contributed by atoms with Crippen LogP contribution in [0.4, 0.5) is 5.82 Å². The number of fused-ring (bicyclic) bond motifs is 1. The second kappa shape index (κ2) is 6.11. The number of esters is 1. The number of hydrogen-bond donors (Lipinski definition) is 1. The lowest BCUT2D eigenvalue weighted by Crippen LogP contribution is -2.42. The number of nitrogens with zero attached hydrogens (tertiary/aromatic N) is 5. The molecule has 8 heteroatoms. The maximum atomic E-state index is 11.5. The van der Waals surface area contributed by atoms with E-state index in [0.29, 0.717) is 18.6 Å². The second-order valence-electron chi connectivity index (χ2n) is 5.91. The van der Waals surface area contributed by atoms with Crippen molar-refractivity contribution >= 4 is 17.6 Å². The first-order valence-corrected chi connectivity index (χ1v) is 7.70. The molecule has 0 aromatic carbocycles. The van der Waals surface area contributed by atoms with Crippen molar-refractivity contribution in [1.82, 2.24) is 19.6 Å². The molecule has 3 rings (SSSR count). The molecule has 0 radical (unpaired) electrons. The highest BCUT2D eigenvalue weighted by Crippen LogP contribution is 2.28. The Kier molecular flexibility index (Phi) is 4.16. The number of methoxy groups -OCH3 is 1. The number of piperidine rings is 1. The Labute approximate surface area is 134 Å². The van der Waals surface area contributed by atoms with Gasteiger partial charge in [-0.2, -0.15) is 14.6 Å². The van der Waals surface area contributed by atoms with Crippen LogP contribution in [0.15, 0.2) is 6.33 Å². The molecule has 1 aliphatic rings. The molecule has 2 aromatic heterocycles. The van der Waals surface area contributed by atoms with E-state index in [1.54, 1.807) is 4.52 Å². The molecule has 0 spiro atoms. The number of rotatable bonds is 3. The molecule has 1 unspecified atom stereocenters. The van der Waals surface area contributed by atoms with Crippen molar-refractivity contribution in [3.8, 4) is 0 Å². The van der Waals surface area contributed by atoms with Gasteiger partial charge < -0.3 is 14.7 Å². The minimum atomic E-state index is -1.05. The fourth-order valence-electron chi connectivity index (χ4n) is 3.13. The van der Waals surface area contributed by atoms with Gasteiger partial charge in [-0.1, -0.05) is 0 Å². The molecular formula is C15H21N5O3. The Morgan fingerprint density at radius 2 is 2.09 bits per heavy atom. The molecule has 0 amide bonds. The number of aryl methyl sites for hydroxylation is 1. The summed E-state index contributed by atoms with van der Waals surface area (Å²) in [6, 6.07) is 0. The van der Waals surface area contributed by atoms with E-state index in [1.165, 1.54) is 13.4 Å². The maximum absolute atomic E-state index is 11.5. The molecule has 0 aliphatic carbocycles. The number of aliphatic hydroxyl groups is 1. The van der Waals surface area contributed by atoms with Gasteiger partial charge in [0.2, 0.25) is 0 Å². The number of ether oxygens (including phenoxy) is 1. The topological polar surface area (TPSA) is 92.9 Å². The molecule has 0 bridgehead atoms. The zero-order valence-corrected chi connectivity index (χ0v) is 13.6. The van der Waals surface area contributed by atoms with Gasteiger partial charge in [0.05, 0.1) is 7.11 Å². The van der Waals surface area contributed by atoms with Crippen molar-refractivity contribution in [2.24, 2.45) is 5.92 Å². The summed E-state index contributed by atoms with van der Waals surface area (Å²) in [4.78, 5) is 22.3. The molecule has 8 nitrogen and oxygen atoms in total. The molecule has 1 atom stereocenters. The summed E-state index contributed by atoms with van der Waals surface area (Å²) in [5.41, 5.74) is 1.99. The van der Waals surface area contributed by atoms with Crippen LogP contribution in [0, 0.1) is 19.8 Å². The van der Waals surface area contributed by atoms with Crippen molar-refractivity contribution in [3.05, 3.63) is 17.6 Å². The van der Waals surface area contributed by atoms with Gasteiger partial charge in [-0.15, -0.1) is 0 Å². The van der Waals surface area contributed by atoms with E-state index in [1.807, 2.05) is 13.8 Å². The molecule has 1 aliphatic heterocycles. The summed E-state index contributed by atoms with van der Waals surface area (Å²) in [5.74, 6) is 0.932. The Balaban J connectivity index is 1.82. The third-order valence-electron chi connectivity index (χ3n) is 4.60. The van der Waals surface area contributed by atoms with E-state index >= 15 is 0 Å². The monoisotopic (exact) mass is 319 g/mol. The fraction of sp³-hybridized carbons (Fsp3) is 0.600. The Bertz CT molecular complexity index is 721. The zero-order valence-electron chi connectivity index (χ0n) is 13.6. The van der Waals surface area contributed by atoms with Gasteiger partial charge >= 0.3 is 5.97 Å². The third-order valence-corrected chi connectivity index (χ3v) is 4.60. The predicted octanol–water partition coefficient (Wildman–Crippen LogP) is 0.491. The van der Waals surface area contributed by atoms with E-state index in [9.17, 15) is 9.90 Å².